The highest BCUT2D eigenvalue weighted by atomic mass is 19.2. The fourth-order valence-electron chi connectivity index (χ4n) is 6.86. The first kappa shape index (κ1) is 25.6. The van der Waals surface area contributed by atoms with Crippen LogP contribution in [0.5, 0.6) is 0 Å². The smallest absolute Gasteiger partial charge is 0.166 e. The number of aryl methyl sites for hydroxylation is 1. The molecule has 188 valence electrons. The summed E-state index contributed by atoms with van der Waals surface area (Å²) in [6.45, 7) is 4.41. The lowest BCUT2D eigenvalue weighted by atomic mass is 9.73. The zero-order valence-electron chi connectivity index (χ0n) is 21.7. The van der Waals surface area contributed by atoms with Crippen molar-refractivity contribution in [1.29, 1.82) is 0 Å². The predicted molar refractivity (Wildman–Crippen MR) is 141 cm³/mol. The van der Waals surface area contributed by atoms with Crippen LogP contribution in [0.4, 0.5) is 8.78 Å². The number of unbranched alkanes of at least 4 members (excludes halogenated alkanes) is 2. The third-order valence-electron chi connectivity index (χ3n) is 9.10. The Bertz CT molecular complexity index is 901. The maximum atomic E-state index is 15.1. The summed E-state index contributed by atoms with van der Waals surface area (Å²) in [6.07, 6.45) is 20.4. The molecule has 0 atom stereocenters. The Morgan fingerprint density at radius 2 is 1.29 bits per heavy atom. The van der Waals surface area contributed by atoms with Gasteiger partial charge in [0, 0.05) is 5.39 Å². The van der Waals surface area contributed by atoms with E-state index in [1.165, 1.54) is 77.0 Å². The van der Waals surface area contributed by atoms with E-state index in [4.69, 9.17) is 0 Å². The van der Waals surface area contributed by atoms with E-state index < -0.39 is 11.6 Å². The van der Waals surface area contributed by atoms with Crippen molar-refractivity contribution in [3.63, 3.8) is 0 Å². The lowest BCUT2D eigenvalue weighted by molar-refractivity contribution is 0.221. The van der Waals surface area contributed by atoms with Gasteiger partial charge in [0.2, 0.25) is 0 Å². The summed E-state index contributed by atoms with van der Waals surface area (Å²) in [5.41, 5.74) is 1.71. The van der Waals surface area contributed by atoms with E-state index in [9.17, 15) is 4.39 Å². The standard InChI is InChI=1S/C32H46F2/c1-3-5-6-8-23-9-11-24(12-10-23)13-14-25-15-18-27(19-16-25)30-22-28-20-17-26(7-4-2)21-29(28)31(33)32(30)34/h17,20-25,27H,3-16,18-19H2,1-2H3. The number of hydrogen-bond donors (Lipinski definition) is 0. The van der Waals surface area contributed by atoms with E-state index in [0.29, 0.717) is 10.9 Å². The zero-order valence-corrected chi connectivity index (χ0v) is 21.7. The normalized spacial score (nSPS) is 25.6. The van der Waals surface area contributed by atoms with Crippen molar-refractivity contribution in [3.8, 4) is 0 Å². The number of benzene rings is 2. The zero-order chi connectivity index (χ0) is 23.9. The number of hydrogen-bond acceptors (Lipinski definition) is 0. The molecule has 0 spiro atoms. The molecule has 0 nitrogen and oxygen atoms in total. The van der Waals surface area contributed by atoms with Gasteiger partial charge in [0.25, 0.3) is 0 Å². The van der Waals surface area contributed by atoms with Gasteiger partial charge in [0.1, 0.15) is 0 Å². The SMILES string of the molecule is CCCCCC1CCC(CCC2CCC(c3cc4ccc(CCC)cc4c(F)c3F)CC2)CC1. The molecule has 2 aromatic rings. The Hall–Kier alpha value is -1.44. The molecule has 0 bridgehead atoms. The molecule has 2 heteroatoms. The molecule has 2 saturated carbocycles. The molecule has 0 N–H and O–H groups in total. The van der Waals surface area contributed by atoms with Crippen LogP contribution in [0.1, 0.15) is 127 Å². The highest BCUT2D eigenvalue weighted by molar-refractivity contribution is 5.85. The number of fused-ring (bicyclic) bond motifs is 1. The van der Waals surface area contributed by atoms with Gasteiger partial charge in [-0.1, -0.05) is 96.6 Å². The van der Waals surface area contributed by atoms with Crippen LogP contribution in [-0.2, 0) is 6.42 Å². The van der Waals surface area contributed by atoms with Gasteiger partial charge in [0.15, 0.2) is 11.6 Å². The second-order valence-electron chi connectivity index (χ2n) is 11.6. The molecule has 0 aromatic heterocycles. The van der Waals surface area contributed by atoms with Crippen molar-refractivity contribution in [1.82, 2.24) is 0 Å². The maximum Gasteiger partial charge on any atom is 0.166 e. The first-order valence-electron chi connectivity index (χ1n) is 14.5. The van der Waals surface area contributed by atoms with Gasteiger partial charge in [-0.2, -0.15) is 0 Å². The van der Waals surface area contributed by atoms with Gasteiger partial charge in [-0.15, -0.1) is 0 Å². The van der Waals surface area contributed by atoms with Gasteiger partial charge >= 0.3 is 0 Å². The monoisotopic (exact) mass is 468 g/mol. The summed E-state index contributed by atoms with van der Waals surface area (Å²) in [5.74, 6) is 1.64. The van der Waals surface area contributed by atoms with Crippen LogP contribution < -0.4 is 0 Å². The van der Waals surface area contributed by atoms with Crippen LogP contribution in [0.2, 0.25) is 0 Å². The third-order valence-corrected chi connectivity index (χ3v) is 9.10. The molecule has 2 fully saturated rings. The van der Waals surface area contributed by atoms with E-state index in [0.717, 1.165) is 54.4 Å². The lowest BCUT2D eigenvalue weighted by Crippen LogP contribution is -2.18. The van der Waals surface area contributed by atoms with Crippen molar-refractivity contribution in [2.45, 2.75) is 122 Å². The van der Waals surface area contributed by atoms with Gasteiger partial charge in [0.05, 0.1) is 0 Å². The molecule has 0 radical (unpaired) electrons. The summed E-state index contributed by atoms with van der Waals surface area (Å²) < 4.78 is 30.1. The van der Waals surface area contributed by atoms with E-state index in [2.05, 4.69) is 19.9 Å². The molecule has 0 heterocycles. The van der Waals surface area contributed by atoms with Crippen LogP contribution >= 0.6 is 0 Å². The average molecular weight is 469 g/mol. The van der Waals surface area contributed by atoms with E-state index in [1.807, 2.05) is 18.2 Å². The van der Waals surface area contributed by atoms with Gasteiger partial charge < -0.3 is 0 Å². The molecule has 2 aliphatic carbocycles. The molecule has 2 aliphatic rings. The van der Waals surface area contributed by atoms with Crippen molar-refractivity contribution in [2.24, 2.45) is 17.8 Å². The van der Waals surface area contributed by atoms with Crippen LogP contribution in [0, 0.1) is 29.4 Å². The topological polar surface area (TPSA) is 0 Å². The fourth-order valence-corrected chi connectivity index (χ4v) is 6.86. The molecule has 0 amide bonds. The second kappa shape index (κ2) is 12.5. The van der Waals surface area contributed by atoms with Gasteiger partial charge in [-0.25, -0.2) is 8.78 Å². The summed E-state index contributed by atoms with van der Waals surface area (Å²) >= 11 is 0. The molecule has 0 saturated heterocycles. The largest absolute Gasteiger partial charge is 0.203 e. The summed E-state index contributed by atoms with van der Waals surface area (Å²) in [6, 6.07) is 7.84. The summed E-state index contributed by atoms with van der Waals surface area (Å²) in [4.78, 5) is 0. The quantitative estimate of drug-likeness (QED) is 0.304. The Balaban J connectivity index is 1.26. The van der Waals surface area contributed by atoms with Crippen LogP contribution in [0.15, 0.2) is 24.3 Å². The Kier molecular flexibility index (Phi) is 9.43. The summed E-state index contributed by atoms with van der Waals surface area (Å²) in [7, 11) is 0. The molecule has 0 aliphatic heterocycles. The molecule has 4 rings (SSSR count). The Labute approximate surface area is 206 Å². The molecular formula is C32H46F2. The van der Waals surface area contributed by atoms with Gasteiger partial charge in [-0.3, -0.25) is 0 Å². The number of halogens is 2. The molecule has 2 aromatic carbocycles. The van der Waals surface area contributed by atoms with Crippen LogP contribution in [-0.4, -0.2) is 0 Å². The third kappa shape index (κ3) is 6.41. The highest BCUT2D eigenvalue weighted by Crippen LogP contribution is 2.42. The van der Waals surface area contributed by atoms with Crippen LogP contribution in [0.3, 0.4) is 0 Å². The van der Waals surface area contributed by atoms with E-state index >= 15 is 4.39 Å². The molecule has 0 unspecified atom stereocenters. The van der Waals surface area contributed by atoms with Crippen molar-refractivity contribution in [2.75, 3.05) is 0 Å². The second-order valence-corrected chi connectivity index (χ2v) is 11.6. The van der Waals surface area contributed by atoms with E-state index in [1.54, 1.807) is 0 Å². The average Bonchev–Trinajstić information content (AvgIpc) is 2.87. The fraction of sp³-hybridized carbons (Fsp3) is 0.688. The van der Waals surface area contributed by atoms with Crippen LogP contribution in [0.25, 0.3) is 10.8 Å². The van der Waals surface area contributed by atoms with Crippen molar-refractivity contribution < 1.29 is 8.78 Å². The minimum atomic E-state index is -0.641. The molecule has 34 heavy (non-hydrogen) atoms. The highest BCUT2D eigenvalue weighted by Gasteiger charge is 2.28. The lowest BCUT2D eigenvalue weighted by Gasteiger charge is -2.32. The van der Waals surface area contributed by atoms with E-state index in [-0.39, 0.29) is 5.92 Å². The molecular weight excluding hydrogens is 422 g/mol. The van der Waals surface area contributed by atoms with Crippen molar-refractivity contribution in [3.05, 3.63) is 47.0 Å². The van der Waals surface area contributed by atoms with Crippen molar-refractivity contribution >= 4 is 10.8 Å². The number of rotatable bonds is 10. The minimum Gasteiger partial charge on any atom is -0.203 e. The maximum absolute atomic E-state index is 15.1. The Morgan fingerprint density at radius 3 is 1.91 bits per heavy atom. The summed E-state index contributed by atoms with van der Waals surface area (Å²) in [5, 5.41) is 1.29. The Morgan fingerprint density at radius 1 is 0.676 bits per heavy atom. The minimum absolute atomic E-state index is 0.170. The first-order valence-corrected chi connectivity index (χ1v) is 14.5. The van der Waals surface area contributed by atoms with Gasteiger partial charge in [-0.05, 0) is 84.4 Å². The first-order chi connectivity index (χ1) is 16.6. The predicted octanol–water partition coefficient (Wildman–Crippen LogP) is 10.5.